The van der Waals surface area contributed by atoms with Crippen LogP contribution in [0.4, 0.5) is 0 Å². The summed E-state index contributed by atoms with van der Waals surface area (Å²) in [5.74, 6) is 0.536. The molecule has 1 aromatic carbocycles. The topological polar surface area (TPSA) is 46.5 Å². The van der Waals surface area contributed by atoms with Gasteiger partial charge in [0.2, 0.25) is 0 Å². The molecule has 4 nitrogen and oxygen atoms in total. The zero-order chi connectivity index (χ0) is 12.2. The van der Waals surface area contributed by atoms with Crippen molar-refractivity contribution in [2.75, 3.05) is 34.3 Å². The van der Waals surface area contributed by atoms with E-state index < -0.39 is 0 Å². The number of carbonyl (C=O) groups excluding carboxylic acids is 1. The van der Waals surface area contributed by atoms with Crippen LogP contribution in [0.25, 0.3) is 0 Å². The monoisotopic (exact) mass is 303 g/mol. The van der Waals surface area contributed by atoms with Crippen LogP contribution in [0.5, 0.6) is 11.5 Å². The van der Waals surface area contributed by atoms with Crippen molar-refractivity contribution in [1.29, 1.82) is 0 Å². The van der Waals surface area contributed by atoms with Crippen LogP contribution in [-0.2, 0) is 0 Å². The number of hydrogen-bond donors (Lipinski definition) is 1. The summed E-state index contributed by atoms with van der Waals surface area (Å²) in [6.07, 6.45) is 0.616. The van der Waals surface area contributed by atoms with Gasteiger partial charge in [-0.3, -0.25) is 4.79 Å². The van der Waals surface area contributed by atoms with Gasteiger partial charge >= 0.3 is 0 Å². The molecule has 0 aromatic heterocycles. The van der Waals surface area contributed by atoms with E-state index in [1.807, 2.05) is 0 Å². The number of ether oxygens (including phenoxy) is 1. The number of aldehydes is 1. The maximum atomic E-state index is 10.5. The average molecular weight is 304 g/mol. The summed E-state index contributed by atoms with van der Waals surface area (Å²) in [5.41, 5.74) is 0.277. The minimum absolute atomic E-state index is 0. The molecule has 0 amide bonds. The van der Waals surface area contributed by atoms with Gasteiger partial charge in [0.1, 0.15) is 24.7 Å². The molecule has 1 aromatic rings. The molecule has 1 rings (SSSR count). The van der Waals surface area contributed by atoms with Gasteiger partial charge in [0.15, 0.2) is 6.29 Å². The highest BCUT2D eigenvalue weighted by Gasteiger charge is 2.07. The summed E-state index contributed by atoms with van der Waals surface area (Å²) >= 11 is 0. The Balaban J connectivity index is 0.00000256. The first kappa shape index (κ1) is 15.9. The molecule has 0 bridgehead atoms. The highest BCUT2D eigenvalue weighted by Crippen LogP contribution is 2.22. The molecular weight excluding hydrogens is 286 g/mol. The second-order valence-electron chi connectivity index (χ2n) is 4.70. The number of nitrogens with zero attached hydrogens (tertiary/aromatic N) is 1. The van der Waals surface area contributed by atoms with Crippen molar-refractivity contribution in [2.45, 2.75) is 0 Å². The van der Waals surface area contributed by atoms with E-state index >= 15 is 0 Å². The van der Waals surface area contributed by atoms with Gasteiger partial charge in [0.05, 0.1) is 26.7 Å². The lowest BCUT2D eigenvalue weighted by molar-refractivity contribution is -0.870. The quantitative estimate of drug-likeness (QED) is 0.521. The minimum atomic E-state index is -0.0438. The summed E-state index contributed by atoms with van der Waals surface area (Å²) in [4.78, 5) is 10.5. The van der Waals surface area contributed by atoms with Crippen molar-refractivity contribution in [3.63, 3.8) is 0 Å². The third-order valence-corrected chi connectivity index (χ3v) is 2.16. The molecule has 0 atom stereocenters. The predicted octanol–water partition coefficient (Wildman–Crippen LogP) is -1.71. The van der Waals surface area contributed by atoms with E-state index in [0.717, 1.165) is 11.0 Å². The fourth-order valence-electron chi connectivity index (χ4n) is 1.15. The van der Waals surface area contributed by atoms with E-state index in [4.69, 9.17) is 4.74 Å². The maximum Gasteiger partial charge on any atom is 0.153 e. The molecule has 0 radical (unpaired) electrons. The van der Waals surface area contributed by atoms with E-state index in [2.05, 4.69) is 21.1 Å². The Morgan fingerprint density at radius 3 is 2.47 bits per heavy atom. The zero-order valence-corrected chi connectivity index (χ0v) is 11.9. The van der Waals surface area contributed by atoms with Crippen LogP contribution in [0.1, 0.15) is 10.4 Å². The third-order valence-electron chi connectivity index (χ3n) is 2.16. The van der Waals surface area contributed by atoms with Gasteiger partial charge in [-0.15, -0.1) is 0 Å². The van der Waals surface area contributed by atoms with Gasteiger partial charge < -0.3 is 31.3 Å². The summed E-state index contributed by atoms with van der Waals surface area (Å²) in [6.45, 7) is 1.44. The number of rotatable bonds is 5. The summed E-state index contributed by atoms with van der Waals surface area (Å²) in [7, 11) is 6.24. The standard InChI is InChI=1S/C12H17NO3.BrH/c1-13(2,3)6-7-16-11-5-4-10(9-14)12(15)8-11;/h4-5,8-9H,6-7H2,1-3H3;1H. The first-order valence-electron chi connectivity index (χ1n) is 5.14. The largest absolute Gasteiger partial charge is 1.00 e. The van der Waals surface area contributed by atoms with E-state index in [-0.39, 0.29) is 28.3 Å². The van der Waals surface area contributed by atoms with Crippen molar-refractivity contribution in [1.82, 2.24) is 0 Å². The van der Waals surface area contributed by atoms with Crippen LogP contribution < -0.4 is 21.7 Å². The summed E-state index contributed by atoms with van der Waals surface area (Å²) < 4.78 is 6.29. The highest BCUT2D eigenvalue weighted by molar-refractivity contribution is 5.79. The first-order chi connectivity index (χ1) is 7.42. The van der Waals surface area contributed by atoms with Crippen molar-refractivity contribution in [2.24, 2.45) is 0 Å². The van der Waals surface area contributed by atoms with Crippen LogP contribution in [0.3, 0.4) is 0 Å². The molecule has 96 valence electrons. The molecular formula is C12H18BrNO3. The Labute approximate surface area is 112 Å². The van der Waals surface area contributed by atoms with Crippen molar-refractivity contribution >= 4 is 6.29 Å². The van der Waals surface area contributed by atoms with Gasteiger partial charge in [-0.05, 0) is 12.1 Å². The Morgan fingerprint density at radius 1 is 1.35 bits per heavy atom. The van der Waals surface area contributed by atoms with E-state index in [9.17, 15) is 9.90 Å². The van der Waals surface area contributed by atoms with Crippen molar-refractivity contribution in [3.05, 3.63) is 23.8 Å². The number of benzene rings is 1. The average Bonchev–Trinajstić information content (AvgIpc) is 2.16. The SMILES string of the molecule is C[N+](C)(C)CCOc1ccc(C=O)c(O)c1.[Br-]. The Hall–Kier alpha value is -1.07. The number of phenols is 1. The number of phenolic OH excluding ortho intramolecular Hbond substituents is 1. The third kappa shape index (κ3) is 5.70. The molecule has 0 saturated heterocycles. The van der Waals surface area contributed by atoms with Crippen LogP contribution in [0.15, 0.2) is 18.2 Å². The molecule has 0 saturated carbocycles. The van der Waals surface area contributed by atoms with Crippen LogP contribution in [0.2, 0.25) is 0 Å². The van der Waals surface area contributed by atoms with Crippen molar-refractivity contribution < 1.29 is 36.1 Å². The van der Waals surface area contributed by atoms with Crippen molar-refractivity contribution in [3.8, 4) is 11.5 Å². The van der Waals surface area contributed by atoms with Gasteiger partial charge in [-0.1, -0.05) is 0 Å². The van der Waals surface area contributed by atoms with Gasteiger partial charge in [0, 0.05) is 6.07 Å². The van der Waals surface area contributed by atoms with Gasteiger partial charge in [-0.25, -0.2) is 0 Å². The fraction of sp³-hybridized carbons (Fsp3) is 0.417. The van der Waals surface area contributed by atoms with Crippen LogP contribution in [-0.4, -0.2) is 50.2 Å². The minimum Gasteiger partial charge on any atom is -1.00 e. The number of carbonyl (C=O) groups is 1. The lowest BCUT2D eigenvalue weighted by Crippen LogP contribution is -3.00. The molecule has 1 N–H and O–H groups in total. The van der Waals surface area contributed by atoms with Crippen LogP contribution >= 0.6 is 0 Å². The van der Waals surface area contributed by atoms with Crippen LogP contribution in [0, 0.1) is 0 Å². The predicted molar refractivity (Wildman–Crippen MR) is 61.9 cm³/mol. The number of quaternary nitrogens is 1. The van der Waals surface area contributed by atoms with E-state index in [1.165, 1.54) is 6.07 Å². The Bertz CT molecular complexity index is 375. The second-order valence-corrected chi connectivity index (χ2v) is 4.70. The number of aromatic hydroxyl groups is 1. The number of likely N-dealkylation sites (N-methyl/N-ethyl adjacent to an activating group) is 1. The molecule has 17 heavy (non-hydrogen) atoms. The molecule has 0 spiro atoms. The molecule has 0 aliphatic carbocycles. The molecule has 0 aliphatic heterocycles. The van der Waals surface area contributed by atoms with E-state index in [1.54, 1.807) is 12.1 Å². The summed E-state index contributed by atoms with van der Waals surface area (Å²) in [5, 5.41) is 9.44. The molecule has 0 heterocycles. The normalized spacial score (nSPS) is 10.5. The number of hydrogen-bond acceptors (Lipinski definition) is 3. The van der Waals surface area contributed by atoms with Gasteiger partial charge in [-0.2, -0.15) is 0 Å². The summed E-state index contributed by atoms with van der Waals surface area (Å²) in [6, 6.07) is 4.68. The Kier molecular flexibility index (Phi) is 6.20. The first-order valence-corrected chi connectivity index (χ1v) is 5.14. The molecule has 0 aliphatic rings. The maximum absolute atomic E-state index is 10.5. The fourth-order valence-corrected chi connectivity index (χ4v) is 1.15. The molecule has 0 fully saturated rings. The highest BCUT2D eigenvalue weighted by atomic mass is 79.9. The molecule has 0 unspecified atom stereocenters. The lowest BCUT2D eigenvalue weighted by Gasteiger charge is -2.23. The number of halogens is 1. The zero-order valence-electron chi connectivity index (χ0n) is 10.3. The lowest BCUT2D eigenvalue weighted by atomic mass is 10.2. The Morgan fingerprint density at radius 2 is 2.00 bits per heavy atom. The van der Waals surface area contributed by atoms with Gasteiger partial charge in [0.25, 0.3) is 0 Å². The second kappa shape index (κ2) is 6.61. The smallest absolute Gasteiger partial charge is 0.153 e. The van der Waals surface area contributed by atoms with E-state index in [0.29, 0.717) is 18.6 Å². The molecule has 5 heteroatoms.